The molecular formula is C13H11N2NaO4S. The van der Waals surface area contributed by atoms with Gasteiger partial charge in [0.25, 0.3) is 0 Å². The van der Waals surface area contributed by atoms with E-state index in [2.05, 4.69) is 4.98 Å². The summed E-state index contributed by atoms with van der Waals surface area (Å²) in [5, 5.41) is 0.888. The van der Waals surface area contributed by atoms with Crippen molar-refractivity contribution in [3.8, 4) is 17.0 Å². The van der Waals surface area contributed by atoms with E-state index in [-0.39, 0.29) is 29.6 Å². The predicted molar refractivity (Wildman–Crippen MR) is 72.7 cm³/mol. The molecule has 2 aliphatic rings. The molecule has 6 nitrogen and oxygen atoms in total. The summed E-state index contributed by atoms with van der Waals surface area (Å²) in [6, 6.07) is 7.02. The number of methoxy groups -OCH3 is 1. The van der Waals surface area contributed by atoms with Gasteiger partial charge in [0.2, 0.25) is 0 Å². The molecule has 1 aromatic carbocycles. The topological polar surface area (TPSA) is 84.2 Å². The minimum atomic E-state index is -4.57. The third kappa shape index (κ3) is 2.67. The summed E-state index contributed by atoms with van der Waals surface area (Å²) in [6.07, 6.45) is 1.26. The normalized spacial score (nSPS) is 11.6. The minimum absolute atomic E-state index is 0. The summed E-state index contributed by atoms with van der Waals surface area (Å²) < 4.78 is 39.3. The Hall–Kier alpha value is -1.12. The van der Waals surface area contributed by atoms with Crippen molar-refractivity contribution in [1.82, 2.24) is 8.96 Å². The monoisotopic (exact) mass is 314 g/mol. The van der Waals surface area contributed by atoms with Gasteiger partial charge < -0.3 is 9.29 Å². The van der Waals surface area contributed by atoms with Crippen LogP contribution in [0.4, 0.5) is 0 Å². The van der Waals surface area contributed by atoms with Gasteiger partial charge in [-0.2, -0.15) is 0 Å². The van der Waals surface area contributed by atoms with Gasteiger partial charge in [-0.1, -0.05) is 0 Å². The number of nitrogens with zero attached hydrogens (tertiary/aromatic N) is 2. The maximum atomic E-state index is 11.2. The SMILES string of the molecule is COc1ccc2c3ccn(S(=O)(=O)[O-])c(C)c-3nc2c1.[Na+]. The zero-order chi connectivity index (χ0) is 14.5. The smallest absolute Gasteiger partial charge is 0.731 e. The first-order valence-electron chi connectivity index (χ1n) is 5.83. The van der Waals surface area contributed by atoms with Gasteiger partial charge in [-0.3, -0.25) is 3.97 Å². The second kappa shape index (κ2) is 5.58. The summed E-state index contributed by atoms with van der Waals surface area (Å²) in [7, 11) is -3.01. The van der Waals surface area contributed by atoms with Gasteiger partial charge in [-0.15, -0.1) is 0 Å². The molecule has 0 saturated carbocycles. The summed E-state index contributed by atoms with van der Waals surface area (Å²) in [5.74, 6) is 0.669. The molecule has 0 aromatic heterocycles. The Bertz CT molecular complexity index is 889. The molecule has 1 aromatic rings. The van der Waals surface area contributed by atoms with Crippen molar-refractivity contribution >= 4 is 21.2 Å². The number of aromatic nitrogens is 2. The van der Waals surface area contributed by atoms with E-state index in [1.165, 1.54) is 6.20 Å². The number of pyridine rings is 1. The quantitative estimate of drug-likeness (QED) is 0.437. The maximum Gasteiger partial charge on any atom is 1.00 e. The largest absolute Gasteiger partial charge is 1.00 e. The number of ether oxygens (including phenoxy) is 1. The fraction of sp³-hybridized carbons (Fsp3) is 0.154. The Labute approximate surface area is 144 Å². The fourth-order valence-corrected chi connectivity index (χ4v) is 2.94. The molecule has 0 atom stereocenters. The molecule has 0 spiro atoms. The summed E-state index contributed by atoms with van der Waals surface area (Å²) in [5.41, 5.74) is 2.30. The molecule has 0 amide bonds. The van der Waals surface area contributed by atoms with Crippen molar-refractivity contribution in [2.45, 2.75) is 6.92 Å². The Morgan fingerprint density at radius 2 is 2.00 bits per heavy atom. The Morgan fingerprint density at radius 3 is 2.62 bits per heavy atom. The molecule has 0 N–H and O–H groups in total. The molecule has 21 heavy (non-hydrogen) atoms. The second-order valence-corrected chi connectivity index (χ2v) is 5.66. The van der Waals surface area contributed by atoms with Crippen molar-refractivity contribution in [2.75, 3.05) is 7.11 Å². The molecule has 8 heteroatoms. The van der Waals surface area contributed by atoms with E-state index in [9.17, 15) is 13.0 Å². The molecular weight excluding hydrogens is 303 g/mol. The molecule has 0 radical (unpaired) electrons. The van der Waals surface area contributed by atoms with Crippen molar-refractivity contribution in [3.63, 3.8) is 0 Å². The predicted octanol–water partition coefficient (Wildman–Crippen LogP) is -1.23. The summed E-state index contributed by atoms with van der Waals surface area (Å²) >= 11 is 0. The van der Waals surface area contributed by atoms with Gasteiger partial charge >= 0.3 is 29.6 Å². The van der Waals surface area contributed by atoms with Gasteiger partial charge in [-0.05, 0) is 25.1 Å². The first kappa shape index (κ1) is 16.3. The molecule has 0 bridgehead atoms. The van der Waals surface area contributed by atoms with Crippen molar-refractivity contribution in [2.24, 2.45) is 0 Å². The molecule has 0 unspecified atom stereocenters. The van der Waals surface area contributed by atoms with Gasteiger partial charge in [0, 0.05) is 23.2 Å². The number of benzene rings is 1. The Balaban J connectivity index is 0.00000161. The standard InChI is InChI=1S/C13H12N2O4S.Na/c1-8-13-11(5-6-15(8)20(16,17)18)10-4-3-9(19-2)7-12(10)14-13;/h3-7H,1-2H3,(H,16,17,18);/q;+1/p-1. The first-order chi connectivity index (χ1) is 9.41. The van der Waals surface area contributed by atoms with Crippen LogP contribution in [-0.2, 0) is 10.3 Å². The van der Waals surface area contributed by atoms with E-state index < -0.39 is 10.3 Å². The zero-order valence-corrected chi connectivity index (χ0v) is 14.6. The number of hydrogen-bond donors (Lipinski definition) is 0. The average molecular weight is 314 g/mol. The summed E-state index contributed by atoms with van der Waals surface area (Å²) in [6.45, 7) is 1.56. The van der Waals surface area contributed by atoms with Crippen molar-refractivity contribution in [3.05, 3.63) is 36.2 Å². The second-order valence-electron chi connectivity index (χ2n) is 4.41. The van der Waals surface area contributed by atoms with Crippen LogP contribution in [0.5, 0.6) is 5.75 Å². The molecule has 0 aliphatic carbocycles. The van der Waals surface area contributed by atoms with E-state index in [4.69, 9.17) is 4.74 Å². The van der Waals surface area contributed by atoms with Gasteiger partial charge in [0.1, 0.15) is 5.75 Å². The van der Waals surface area contributed by atoms with E-state index in [1.54, 1.807) is 26.2 Å². The summed E-state index contributed by atoms with van der Waals surface area (Å²) in [4.78, 5) is 4.39. The van der Waals surface area contributed by atoms with Crippen LogP contribution < -0.4 is 34.3 Å². The van der Waals surface area contributed by atoms with Crippen molar-refractivity contribution in [1.29, 1.82) is 0 Å². The molecule has 2 aliphatic heterocycles. The third-order valence-electron chi connectivity index (χ3n) is 3.27. The van der Waals surface area contributed by atoms with Crippen LogP contribution in [0.3, 0.4) is 0 Å². The van der Waals surface area contributed by atoms with E-state index >= 15 is 0 Å². The minimum Gasteiger partial charge on any atom is -0.731 e. The van der Waals surface area contributed by atoms with Crippen LogP contribution in [0.15, 0.2) is 30.5 Å². The van der Waals surface area contributed by atoms with Crippen LogP contribution >= 0.6 is 0 Å². The maximum absolute atomic E-state index is 11.2. The van der Waals surface area contributed by atoms with Crippen LogP contribution in [-0.4, -0.2) is 29.0 Å². The molecule has 2 heterocycles. The van der Waals surface area contributed by atoms with Crippen LogP contribution in [0, 0.1) is 6.92 Å². The van der Waals surface area contributed by atoms with Crippen LogP contribution in [0.1, 0.15) is 5.69 Å². The molecule has 104 valence electrons. The fourth-order valence-electron chi connectivity index (χ4n) is 2.31. The van der Waals surface area contributed by atoms with E-state index in [1.807, 2.05) is 12.1 Å². The Morgan fingerprint density at radius 1 is 1.29 bits per heavy atom. The molecule has 0 fully saturated rings. The van der Waals surface area contributed by atoms with E-state index in [0.29, 0.717) is 26.6 Å². The van der Waals surface area contributed by atoms with E-state index in [0.717, 1.165) is 10.9 Å². The number of fused-ring (bicyclic) bond motifs is 3. The first-order valence-corrected chi connectivity index (χ1v) is 7.20. The number of hydrogen-bond acceptors (Lipinski definition) is 5. The average Bonchev–Trinajstić information content (AvgIpc) is 2.76. The van der Waals surface area contributed by atoms with Gasteiger partial charge in [-0.25, -0.2) is 13.4 Å². The van der Waals surface area contributed by atoms with Gasteiger partial charge in [0.15, 0.2) is 10.3 Å². The van der Waals surface area contributed by atoms with Gasteiger partial charge in [0.05, 0.1) is 24.0 Å². The van der Waals surface area contributed by atoms with Crippen LogP contribution in [0.25, 0.3) is 22.2 Å². The number of rotatable bonds is 2. The zero-order valence-electron chi connectivity index (χ0n) is 11.8. The molecule has 0 saturated heterocycles. The van der Waals surface area contributed by atoms with Crippen LogP contribution in [0.2, 0.25) is 0 Å². The third-order valence-corrected chi connectivity index (χ3v) is 4.15. The Kier molecular flexibility index (Phi) is 4.32. The van der Waals surface area contributed by atoms with Crippen molar-refractivity contribution < 1.29 is 47.3 Å². The molecule has 3 rings (SSSR count).